The number of piperidine rings is 1. The van der Waals surface area contributed by atoms with E-state index in [2.05, 4.69) is 31.7 Å². The predicted octanol–water partition coefficient (Wildman–Crippen LogP) is 4.41. The van der Waals surface area contributed by atoms with Gasteiger partial charge >= 0.3 is 0 Å². The molecule has 2 spiro atoms. The molecule has 2 aliphatic heterocycles. The van der Waals surface area contributed by atoms with Gasteiger partial charge in [-0.1, -0.05) is 26.8 Å². The Balaban J connectivity index is 1.47. The van der Waals surface area contributed by atoms with Gasteiger partial charge in [-0.25, -0.2) is 0 Å². The number of aliphatic hydroxyl groups is 1. The summed E-state index contributed by atoms with van der Waals surface area (Å²) in [5.41, 5.74) is 0.783. The third-order valence-corrected chi connectivity index (χ3v) is 11.9. The summed E-state index contributed by atoms with van der Waals surface area (Å²) in [6.07, 6.45) is 7.64. The number of hydrogen-bond donors (Lipinski definition) is 2. The summed E-state index contributed by atoms with van der Waals surface area (Å²) in [6.45, 7) is 10.8. The highest BCUT2D eigenvalue weighted by molar-refractivity contribution is 5.63. The van der Waals surface area contributed by atoms with Gasteiger partial charge in [0.2, 0.25) is 0 Å². The number of phenolic OH excluding ortho intramolecular Hbond substituents is 1. The number of methoxy groups -OCH3 is 1. The Morgan fingerprint density at radius 2 is 1.91 bits per heavy atom. The molecule has 34 heavy (non-hydrogen) atoms. The van der Waals surface area contributed by atoms with E-state index in [0.717, 1.165) is 44.6 Å². The molecule has 1 saturated heterocycles. The maximum absolute atomic E-state index is 12.2. The molecule has 1 aromatic rings. The van der Waals surface area contributed by atoms with Crippen molar-refractivity contribution in [2.45, 2.75) is 101 Å². The smallest absolute Gasteiger partial charge is 0.165 e. The van der Waals surface area contributed by atoms with Gasteiger partial charge in [-0.05, 0) is 81.4 Å². The summed E-state index contributed by atoms with van der Waals surface area (Å²) in [4.78, 5) is 2.82. The van der Waals surface area contributed by atoms with Crippen LogP contribution < -0.4 is 4.74 Å². The number of likely N-dealkylation sites (tertiary alicyclic amines) is 1. The Bertz CT molecular complexity index is 1060. The van der Waals surface area contributed by atoms with Gasteiger partial charge < -0.3 is 19.7 Å². The van der Waals surface area contributed by atoms with Crippen LogP contribution in [0.5, 0.6) is 11.5 Å². The Kier molecular flexibility index (Phi) is 4.08. The van der Waals surface area contributed by atoms with Crippen LogP contribution in [0.15, 0.2) is 12.1 Å². The highest BCUT2D eigenvalue weighted by Gasteiger charge is 2.82. The molecule has 4 bridgehead atoms. The SMILES string of the molecule is CO[C@]12CC[C@@]3(CC1C(C)(O)C(C)(C)C)[C@H]1Cc4ccc(O)c5c4[C@@]3(CCN1CC1CC1)[C@H]2O5. The van der Waals surface area contributed by atoms with Gasteiger partial charge in [0.15, 0.2) is 11.5 Å². The van der Waals surface area contributed by atoms with E-state index in [9.17, 15) is 10.2 Å². The molecule has 0 amide bonds. The van der Waals surface area contributed by atoms with E-state index in [1.807, 2.05) is 20.1 Å². The molecule has 5 nitrogen and oxygen atoms in total. The number of aromatic hydroxyl groups is 1. The lowest BCUT2D eigenvalue weighted by atomic mass is 9.33. The largest absolute Gasteiger partial charge is 0.504 e. The molecular formula is C29H41NO4. The van der Waals surface area contributed by atoms with Crippen LogP contribution in [0.3, 0.4) is 0 Å². The summed E-state index contributed by atoms with van der Waals surface area (Å²) in [5.74, 6) is 1.80. The minimum absolute atomic E-state index is 0.0294. The van der Waals surface area contributed by atoms with Gasteiger partial charge in [0.1, 0.15) is 11.7 Å². The Morgan fingerprint density at radius 3 is 2.59 bits per heavy atom. The molecule has 8 rings (SSSR count). The molecule has 7 atom stereocenters. The summed E-state index contributed by atoms with van der Waals surface area (Å²) >= 11 is 0. The van der Waals surface area contributed by atoms with Crippen molar-refractivity contribution in [2.75, 3.05) is 20.2 Å². The molecule has 2 heterocycles. The minimum Gasteiger partial charge on any atom is -0.504 e. The molecule has 0 radical (unpaired) electrons. The third-order valence-electron chi connectivity index (χ3n) is 11.9. The Hall–Kier alpha value is -1.30. The monoisotopic (exact) mass is 467 g/mol. The first kappa shape index (κ1) is 21.9. The Morgan fingerprint density at radius 1 is 1.15 bits per heavy atom. The van der Waals surface area contributed by atoms with Crippen LogP contribution in [0.25, 0.3) is 0 Å². The summed E-state index contributed by atoms with van der Waals surface area (Å²) in [5, 5.41) is 23.2. The molecule has 7 aliphatic rings. The molecule has 5 aliphatic carbocycles. The first-order valence-corrected chi connectivity index (χ1v) is 13.6. The van der Waals surface area contributed by atoms with Crippen molar-refractivity contribution in [1.29, 1.82) is 0 Å². The summed E-state index contributed by atoms with van der Waals surface area (Å²) in [7, 11) is 1.83. The number of rotatable bonds is 4. The van der Waals surface area contributed by atoms with Crippen molar-refractivity contribution in [3.63, 3.8) is 0 Å². The first-order valence-electron chi connectivity index (χ1n) is 13.6. The number of hydrogen-bond acceptors (Lipinski definition) is 5. The zero-order chi connectivity index (χ0) is 23.9. The molecular weight excluding hydrogens is 426 g/mol. The lowest BCUT2D eigenvalue weighted by Crippen LogP contribution is -2.83. The van der Waals surface area contributed by atoms with Crippen LogP contribution in [0, 0.1) is 22.7 Å². The van der Waals surface area contributed by atoms with Crippen molar-refractivity contribution in [3.05, 3.63) is 23.3 Å². The molecule has 2 unspecified atom stereocenters. The van der Waals surface area contributed by atoms with Crippen LogP contribution in [-0.4, -0.2) is 58.7 Å². The highest BCUT2D eigenvalue weighted by atomic mass is 16.6. The van der Waals surface area contributed by atoms with E-state index >= 15 is 0 Å². The second kappa shape index (κ2) is 6.33. The van der Waals surface area contributed by atoms with Gasteiger partial charge in [0.05, 0.1) is 5.60 Å². The van der Waals surface area contributed by atoms with Crippen molar-refractivity contribution in [1.82, 2.24) is 4.90 Å². The van der Waals surface area contributed by atoms with E-state index in [4.69, 9.17) is 9.47 Å². The molecule has 1 aromatic carbocycles. The number of benzene rings is 1. The van der Waals surface area contributed by atoms with Gasteiger partial charge in [-0.3, -0.25) is 4.90 Å². The van der Waals surface area contributed by atoms with E-state index in [1.165, 1.54) is 30.5 Å². The maximum Gasteiger partial charge on any atom is 0.165 e. The number of nitrogens with zero attached hydrogens (tertiary/aromatic N) is 1. The van der Waals surface area contributed by atoms with Crippen molar-refractivity contribution in [2.24, 2.45) is 22.7 Å². The Labute approximate surface area is 203 Å². The normalized spacial score (nSPS) is 43.9. The lowest BCUT2D eigenvalue weighted by molar-refractivity contribution is -0.312. The molecule has 2 N–H and O–H groups in total. The topological polar surface area (TPSA) is 62.2 Å². The molecule has 186 valence electrons. The molecule has 4 saturated carbocycles. The second-order valence-electron chi connectivity index (χ2n) is 13.8. The second-order valence-corrected chi connectivity index (χ2v) is 13.8. The van der Waals surface area contributed by atoms with Crippen LogP contribution in [0.4, 0.5) is 0 Å². The lowest BCUT2D eigenvalue weighted by Gasteiger charge is -2.75. The highest BCUT2D eigenvalue weighted by Crippen LogP contribution is 2.78. The maximum atomic E-state index is 12.2. The van der Waals surface area contributed by atoms with Gasteiger partial charge in [0.25, 0.3) is 0 Å². The average molecular weight is 468 g/mol. The molecule has 5 fully saturated rings. The van der Waals surface area contributed by atoms with E-state index in [-0.39, 0.29) is 34.0 Å². The minimum atomic E-state index is -0.909. The standard InChI is InChI=1S/C29H41NO4/c1-25(2,3)26(4,32)20-15-27-10-11-29(20,33-5)24-28(27)12-13-30(16-17-6-7-17)21(27)14-18-8-9-19(31)23(34-24)22(18)28/h8-9,17,20-21,24,31-32H,6-7,10-16H2,1-5H3/t20?,21-,24-,26?,27-,28+,29-/m1/s1. The van der Waals surface area contributed by atoms with Crippen LogP contribution in [0.2, 0.25) is 0 Å². The van der Waals surface area contributed by atoms with Crippen molar-refractivity contribution in [3.8, 4) is 11.5 Å². The molecule has 5 heteroatoms. The summed E-state index contributed by atoms with van der Waals surface area (Å²) < 4.78 is 13.5. The number of fused-ring (bicyclic) bond motifs is 2. The first-order chi connectivity index (χ1) is 16.0. The van der Waals surface area contributed by atoms with Crippen LogP contribution >= 0.6 is 0 Å². The van der Waals surface area contributed by atoms with E-state index < -0.39 is 11.2 Å². The fourth-order valence-electron chi connectivity index (χ4n) is 9.58. The quantitative estimate of drug-likeness (QED) is 0.687. The van der Waals surface area contributed by atoms with E-state index in [1.54, 1.807) is 0 Å². The average Bonchev–Trinajstić information content (AvgIpc) is 3.53. The van der Waals surface area contributed by atoms with E-state index in [0.29, 0.717) is 11.8 Å². The van der Waals surface area contributed by atoms with Gasteiger partial charge in [-0.15, -0.1) is 0 Å². The molecule has 0 aromatic heterocycles. The zero-order valence-electron chi connectivity index (χ0n) is 21.5. The van der Waals surface area contributed by atoms with Crippen LogP contribution in [-0.2, 0) is 16.6 Å². The van der Waals surface area contributed by atoms with Gasteiger partial charge in [0, 0.05) is 42.0 Å². The number of phenols is 1. The third kappa shape index (κ3) is 2.25. The zero-order valence-corrected chi connectivity index (χ0v) is 21.5. The van der Waals surface area contributed by atoms with Crippen LogP contribution in [0.1, 0.15) is 77.3 Å². The number of ether oxygens (including phenoxy) is 2. The fraction of sp³-hybridized carbons (Fsp3) is 0.793. The van der Waals surface area contributed by atoms with Gasteiger partial charge in [-0.2, -0.15) is 0 Å². The van der Waals surface area contributed by atoms with Crippen molar-refractivity contribution < 1.29 is 19.7 Å². The fourth-order valence-corrected chi connectivity index (χ4v) is 9.58. The van der Waals surface area contributed by atoms with Crippen molar-refractivity contribution >= 4 is 0 Å². The predicted molar refractivity (Wildman–Crippen MR) is 130 cm³/mol. The summed E-state index contributed by atoms with van der Waals surface area (Å²) in [6, 6.07) is 4.46.